The lowest BCUT2D eigenvalue weighted by molar-refractivity contribution is -0.384. The van der Waals surface area contributed by atoms with Crippen LogP contribution in [0, 0.1) is 10.1 Å². The second kappa shape index (κ2) is 10.4. The van der Waals surface area contributed by atoms with E-state index in [0.717, 1.165) is 21.8 Å². The summed E-state index contributed by atoms with van der Waals surface area (Å²) in [4.78, 5) is 37.5. The summed E-state index contributed by atoms with van der Waals surface area (Å²) in [5.41, 5.74) is 1.99. The number of hydrogen-bond acceptors (Lipinski definition) is 6. The van der Waals surface area contributed by atoms with Crippen molar-refractivity contribution in [2.75, 3.05) is 0 Å². The second-order valence-corrected chi connectivity index (χ2v) is 9.64. The molecular formula is C24H16BrClN2O5S. The number of rotatable bonds is 7. The fraction of sp³-hybridized carbons (Fsp3) is 0.0833. The van der Waals surface area contributed by atoms with E-state index < -0.39 is 10.8 Å². The molecule has 1 fully saturated rings. The number of carbonyl (C=O) groups is 2. The summed E-state index contributed by atoms with van der Waals surface area (Å²) in [5, 5.41) is 11.2. The van der Waals surface area contributed by atoms with Crippen LogP contribution in [0.5, 0.6) is 5.75 Å². The Balaban J connectivity index is 1.54. The van der Waals surface area contributed by atoms with E-state index in [1.807, 2.05) is 0 Å². The van der Waals surface area contributed by atoms with Crippen molar-refractivity contribution < 1.29 is 19.2 Å². The van der Waals surface area contributed by atoms with E-state index >= 15 is 0 Å². The monoisotopic (exact) mass is 558 g/mol. The van der Waals surface area contributed by atoms with Gasteiger partial charge in [-0.2, -0.15) is 0 Å². The van der Waals surface area contributed by atoms with Crippen molar-refractivity contribution in [3.8, 4) is 5.75 Å². The Morgan fingerprint density at radius 3 is 2.56 bits per heavy atom. The Bertz CT molecular complexity index is 1310. The van der Waals surface area contributed by atoms with Gasteiger partial charge in [0.25, 0.3) is 16.8 Å². The lowest BCUT2D eigenvalue weighted by Crippen LogP contribution is -2.27. The molecule has 1 saturated heterocycles. The Morgan fingerprint density at radius 1 is 1.06 bits per heavy atom. The number of ether oxygens (including phenoxy) is 1. The van der Waals surface area contributed by atoms with Crippen LogP contribution in [0.2, 0.25) is 5.02 Å². The molecule has 0 saturated carbocycles. The van der Waals surface area contributed by atoms with Crippen LogP contribution in [0.1, 0.15) is 16.7 Å². The Labute approximate surface area is 212 Å². The van der Waals surface area contributed by atoms with Crippen LogP contribution in [-0.4, -0.2) is 21.0 Å². The van der Waals surface area contributed by atoms with Crippen LogP contribution >= 0.6 is 39.3 Å². The minimum Gasteiger partial charge on any atom is -0.488 e. The molecule has 34 heavy (non-hydrogen) atoms. The first-order valence-corrected chi connectivity index (χ1v) is 11.9. The highest BCUT2D eigenvalue weighted by atomic mass is 79.9. The van der Waals surface area contributed by atoms with E-state index in [4.69, 9.17) is 16.3 Å². The average Bonchev–Trinajstić information content (AvgIpc) is 3.07. The molecule has 10 heteroatoms. The Hall–Kier alpha value is -3.14. The first-order chi connectivity index (χ1) is 16.3. The first-order valence-electron chi connectivity index (χ1n) is 9.95. The molecule has 2 amide bonds. The number of thioether (sulfide) groups is 1. The third-order valence-corrected chi connectivity index (χ3v) is 6.55. The lowest BCUT2D eigenvalue weighted by atomic mass is 10.1. The van der Waals surface area contributed by atoms with E-state index in [1.54, 1.807) is 60.7 Å². The summed E-state index contributed by atoms with van der Waals surface area (Å²) in [6.07, 6.45) is 1.61. The van der Waals surface area contributed by atoms with E-state index in [9.17, 15) is 19.7 Å². The Kier molecular flexibility index (Phi) is 7.35. The molecule has 3 aromatic rings. The number of nitro benzene ring substituents is 1. The van der Waals surface area contributed by atoms with E-state index in [1.165, 1.54) is 17.0 Å². The van der Waals surface area contributed by atoms with Gasteiger partial charge in [0.05, 0.1) is 16.4 Å². The molecule has 0 atom stereocenters. The summed E-state index contributed by atoms with van der Waals surface area (Å²) in [7, 11) is 0. The van der Waals surface area contributed by atoms with E-state index in [0.29, 0.717) is 21.9 Å². The van der Waals surface area contributed by atoms with Gasteiger partial charge in [-0.1, -0.05) is 51.8 Å². The number of halogens is 2. The first kappa shape index (κ1) is 24.0. The van der Waals surface area contributed by atoms with Gasteiger partial charge in [-0.05, 0) is 59.3 Å². The molecule has 0 spiro atoms. The van der Waals surface area contributed by atoms with Crippen LogP contribution in [-0.2, 0) is 17.9 Å². The van der Waals surface area contributed by atoms with Crippen LogP contribution in [0.15, 0.2) is 76.1 Å². The lowest BCUT2D eigenvalue weighted by Gasteiger charge is -2.12. The molecule has 3 aromatic carbocycles. The molecule has 0 bridgehead atoms. The third kappa shape index (κ3) is 5.67. The topological polar surface area (TPSA) is 89.7 Å². The predicted molar refractivity (Wildman–Crippen MR) is 135 cm³/mol. The largest absolute Gasteiger partial charge is 0.488 e. The number of hydrogen-bond donors (Lipinski definition) is 0. The average molecular weight is 560 g/mol. The highest BCUT2D eigenvalue weighted by molar-refractivity contribution is 9.10. The van der Waals surface area contributed by atoms with Crippen molar-refractivity contribution in [1.82, 2.24) is 4.90 Å². The SMILES string of the molecule is O=C1S/C(=C/c2cc(Br)ccc2OCc2cccc([N+](=O)[O-])c2)C(=O)N1Cc1ccc(Cl)cc1. The summed E-state index contributed by atoms with van der Waals surface area (Å²) in [6, 6.07) is 18.4. The number of nitrogens with zero attached hydrogens (tertiary/aromatic N) is 2. The number of benzene rings is 3. The second-order valence-electron chi connectivity index (χ2n) is 7.29. The van der Waals surface area contributed by atoms with Crippen LogP contribution in [0.25, 0.3) is 6.08 Å². The quantitative estimate of drug-likeness (QED) is 0.179. The number of nitro groups is 1. The van der Waals surface area contributed by atoms with Crippen molar-refractivity contribution in [3.63, 3.8) is 0 Å². The van der Waals surface area contributed by atoms with Gasteiger partial charge in [0.2, 0.25) is 0 Å². The zero-order chi connectivity index (χ0) is 24.2. The maximum absolute atomic E-state index is 12.9. The third-order valence-electron chi connectivity index (χ3n) is 4.90. The van der Waals surface area contributed by atoms with Gasteiger partial charge < -0.3 is 4.74 Å². The maximum Gasteiger partial charge on any atom is 0.293 e. The fourth-order valence-corrected chi connectivity index (χ4v) is 4.57. The van der Waals surface area contributed by atoms with Gasteiger partial charge in [-0.15, -0.1) is 0 Å². The van der Waals surface area contributed by atoms with Crippen molar-refractivity contribution in [2.45, 2.75) is 13.2 Å². The summed E-state index contributed by atoms with van der Waals surface area (Å²) in [5.74, 6) is 0.0776. The van der Waals surface area contributed by atoms with Crippen molar-refractivity contribution >= 4 is 62.2 Å². The Morgan fingerprint density at radius 2 is 1.82 bits per heavy atom. The minimum absolute atomic E-state index is 0.0218. The van der Waals surface area contributed by atoms with Crippen molar-refractivity contribution in [1.29, 1.82) is 0 Å². The van der Waals surface area contributed by atoms with Crippen LogP contribution < -0.4 is 4.74 Å². The molecule has 0 unspecified atom stereocenters. The van der Waals surface area contributed by atoms with Gasteiger partial charge in [0, 0.05) is 27.2 Å². The van der Waals surface area contributed by atoms with E-state index in [2.05, 4.69) is 15.9 Å². The van der Waals surface area contributed by atoms with Gasteiger partial charge in [0.15, 0.2) is 0 Å². The summed E-state index contributed by atoms with van der Waals surface area (Å²) >= 11 is 10.2. The van der Waals surface area contributed by atoms with Gasteiger partial charge >= 0.3 is 0 Å². The highest BCUT2D eigenvalue weighted by Crippen LogP contribution is 2.36. The molecule has 4 rings (SSSR count). The maximum atomic E-state index is 12.9. The minimum atomic E-state index is -0.464. The predicted octanol–water partition coefficient (Wildman–Crippen LogP) is 6.83. The molecule has 172 valence electrons. The molecule has 1 aliphatic heterocycles. The summed E-state index contributed by atoms with van der Waals surface area (Å²) in [6.45, 7) is 0.246. The zero-order valence-corrected chi connectivity index (χ0v) is 20.6. The highest BCUT2D eigenvalue weighted by Gasteiger charge is 2.35. The van der Waals surface area contributed by atoms with Crippen molar-refractivity contribution in [2.24, 2.45) is 0 Å². The van der Waals surface area contributed by atoms with E-state index in [-0.39, 0.29) is 29.0 Å². The molecule has 0 radical (unpaired) electrons. The molecule has 1 aliphatic rings. The van der Waals surface area contributed by atoms with Gasteiger partial charge in [-0.3, -0.25) is 24.6 Å². The molecule has 0 aliphatic carbocycles. The van der Waals surface area contributed by atoms with Gasteiger partial charge in [0.1, 0.15) is 12.4 Å². The van der Waals surface area contributed by atoms with Crippen molar-refractivity contribution in [3.05, 3.63) is 108 Å². The fourth-order valence-electron chi connectivity index (χ4n) is 3.23. The molecular weight excluding hydrogens is 544 g/mol. The normalized spacial score (nSPS) is 14.6. The molecule has 0 aromatic heterocycles. The van der Waals surface area contributed by atoms with Gasteiger partial charge in [-0.25, -0.2) is 0 Å². The standard InChI is InChI=1S/C24H16BrClN2O5S/c25-18-6-9-21(33-14-16-2-1-3-20(10-16)28(31)32)17(11-18)12-22-23(29)27(24(30)34-22)13-15-4-7-19(26)8-5-15/h1-12H,13-14H2/b22-12+. The smallest absolute Gasteiger partial charge is 0.293 e. The van der Waals surface area contributed by atoms with Crippen LogP contribution in [0.4, 0.5) is 10.5 Å². The zero-order valence-electron chi connectivity index (χ0n) is 17.4. The number of carbonyl (C=O) groups excluding carboxylic acids is 2. The number of imide groups is 1. The van der Waals surface area contributed by atoms with Crippen LogP contribution in [0.3, 0.4) is 0 Å². The summed E-state index contributed by atoms with van der Waals surface area (Å²) < 4.78 is 6.66. The number of amides is 2. The number of non-ortho nitro benzene ring substituents is 1. The molecule has 7 nitrogen and oxygen atoms in total. The molecule has 0 N–H and O–H groups in total. The molecule has 1 heterocycles.